The molecule has 0 amide bonds. The molecule has 0 unspecified atom stereocenters. The van der Waals surface area contributed by atoms with Crippen LogP contribution in [0.15, 0.2) is 51.9 Å². The van der Waals surface area contributed by atoms with Crippen molar-refractivity contribution >= 4 is 85.5 Å². The summed E-state index contributed by atoms with van der Waals surface area (Å²) >= 11 is 12.2. The molecule has 0 spiro atoms. The van der Waals surface area contributed by atoms with Gasteiger partial charge in [-0.25, -0.2) is 18.0 Å². The lowest BCUT2D eigenvalue weighted by atomic mass is 10.2. The average molecular weight is 622 g/mol. The van der Waals surface area contributed by atoms with Crippen LogP contribution in [0.3, 0.4) is 0 Å². The van der Waals surface area contributed by atoms with Gasteiger partial charge in [0.2, 0.25) is 9.84 Å². The Morgan fingerprint density at radius 2 is 0.920 bits per heavy atom. The molecule has 0 atom stereocenters. The zero-order valence-electron chi connectivity index (χ0n) is 11.8. The zero-order valence-corrected chi connectivity index (χ0v) is 18.9. The van der Waals surface area contributed by atoms with E-state index in [9.17, 15) is 18.0 Å². The summed E-state index contributed by atoms with van der Waals surface area (Å²) in [5.74, 6) is -2.45. The Labute approximate surface area is 175 Å². The van der Waals surface area contributed by atoms with Gasteiger partial charge in [-0.2, -0.15) is 0 Å². The largest absolute Gasteiger partial charge is 0.478 e. The third-order valence-corrected chi connectivity index (χ3v) is 7.29. The summed E-state index contributed by atoms with van der Waals surface area (Å²) in [7, 11) is -4.02. The van der Waals surface area contributed by atoms with Gasteiger partial charge in [0.05, 0.1) is 20.9 Å². The first-order valence-electron chi connectivity index (χ1n) is 6.16. The van der Waals surface area contributed by atoms with Crippen LogP contribution in [0.25, 0.3) is 0 Å². The topological polar surface area (TPSA) is 109 Å². The minimum absolute atomic E-state index is 0.0910. The van der Waals surface area contributed by atoms with E-state index in [0.29, 0.717) is 0 Å². The molecule has 0 saturated carbocycles. The number of sulfone groups is 1. The highest BCUT2D eigenvalue weighted by molar-refractivity contribution is 9.11. The van der Waals surface area contributed by atoms with Crippen LogP contribution in [0.2, 0.25) is 0 Å². The smallest absolute Gasteiger partial charge is 0.337 e. The summed E-state index contributed by atoms with van der Waals surface area (Å²) in [6.45, 7) is 0. The molecular weight excluding hydrogens is 616 g/mol. The number of aromatic carboxylic acids is 2. The van der Waals surface area contributed by atoms with E-state index in [0.717, 1.165) is 0 Å². The Bertz CT molecular complexity index is 894. The maximum Gasteiger partial charge on any atom is 0.337 e. The van der Waals surface area contributed by atoms with Crippen molar-refractivity contribution in [1.29, 1.82) is 0 Å². The second kappa shape index (κ2) is 7.47. The van der Waals surface area contributed by atoms with E-state index in [4.69, 9.17) is 10.2 Å². The minimum atomic E-state index is -4.02. The van der Waals surface area contributed by atoms with Crippen molar-refractivity contribution < 1.29 is 28.2 Å². The summed E-state index contributed by atoms with van der Waals surface area (Å²) < 4.78 is 26.0. The van der Waals surface area contributed by atoms with E-state index in [-0.39, 0.29) is 38.8 Å². The van der Waals surface area contributed by atoms with Gasteiger partial charge >= 0.3 is 11.9 Å². The summed E-state index contributed by atoms with van der Waals surface area (Å²) in [6.07, 6.45) is 0. The van der Waals surface area contributed by atoms with Crippen LogP contribution < -0.4 is 0 Å². The van der Waals surface area contributed by atoms with E-state index in [1.54, 1.807) is 0 Å². The van der Waals surface area contributed by atoms with Crippen LogP contribution in [0.4, 0.5) is 0 Å². The minimum Gasteiger partial charge on any atom is -0.478 e. The molecule has 0 aromatic heterocycles. The highest BCUT2D eigenvalue weighted by Gasteiger charge is 2.25. The quantitative estimate of drug-likeness (QED) is 0.500. The second-order valence-corrected chi connectivity index (χ2v) is 10.0. The predicted octanol–water partition coefficient (Wildman–Crippen LogP) is 4.97. The lowest BCUT2D eigenvalue weighted by molar-refractivity contribution is 0.0684. The molecule has 0 radical (unpaired) electrons. The monoisotopic (exact) mass is 618 g/mol. The summed E-state index contributed by atoms with van der Waals surface area (Å²) in [5.41, 5.74) is -0.218. The number of hydrogen-bond acceptors (Lipinski definition) is 4. The molecule has 0 heterocycles. The molecule has 2 aromatic carbocycles. The van der Waals surface area contributed by atoms with E-state index >= 15 is 0 Å². The summed E-state index contributed by atoms with van der Waals surface area (Å²) in [6, 6.07) is 4.71. The van der Waals surface area contributed by atoms with Gasteiger partial charge in [-0.15, -0.1) is 0 Å². The first kappa shape index (κ1) is 20.6. The van der Waals surface area contributed by atoms with E-state index < -0.39 is 21.8 Å². The Kier molecular flexibility index (Phi) is 6.14. The van der Waals surface area contributed by atoms with Crippen molar-refractivity contribution in [1.82, 2.24) is 0 Å². The highest BCUT2D eigenvalue weighted by Crippen LogP contribution is 2.35. The van der Waals surface area contributed by atoms with Crippen LogP contribution >= 0.6 is 63.7 Å². The van der Waals surface area contributed by atoms with Gasteiger partial charge in [-0.05, 0) is 88.0 Å². The fraction of sp³-hybridized carbons (Fsp3) is 0. The number of carboxylic acids is 2. The molecule has 11 heteroatoms. The zero-order chi connectivity index (χ0) is 19.1. The number of benzene rings is 2. The Morgan fingerprint density at radius 3 is 1.12 bits per heavy atom. The molecule has 2 N–H and O–H groups in total. The van der Waals surface area contributed by atoms with Gasteiger partial charge < -0.3 is 10.2 Å². The van der Waals surface area contributed by atoms with Crippen LogP contribution in [-0.4, -0.2) is 30.6 Å². The number of halogens is 4. The van der Waals surface area contributed by atoms with Crippen molar-refractivity contribution in [3.63, 3.8) is 0 Å². The second-order valence-electron chi connectivity index (χ2n) is 4.64. The van der Waals surface area contributed by atoms with Crippen molar-refractivity contribution in [2.75, 3.05) is 0 Å². The Morgan fingerprint density at radius 1 is 0.680 bits per heavy atom. The van der Waals surface area contributed by atoms with Crippen molar-refractivity contribution in [2.24, 2.45) is 0 Å². The molecule has 25 heavy (non-hydrogen) atoms. The maximum absolute atomic E-state index is 12.8. The molecule has 2 rings (SSSR count). The van der Waals surface area contributed by atoms with Crippen molar-refractivity contribution in [3.05, 3.63) is 53.3 Å². The van der Waals surface area contributed by atoms with E-state index in [1.165, 1.54) is 24.3 Å². The third-order valence-electron chi connectivity index (χ3n) is 3.08. The molecule has 132 valence electrons. The molecule has 0 aliphatic heterocycles. The van der Waals surface area contributed by atoms with Gasteiger partial charge in [0, 0.05) is 17.9 Å². The van der Waals surface area contributed by atoms with Crippen LogP contribution in [0.5, 0.6) is 0 Å². The van der Waals surface area contributed by atoms with Crippen LogP contribution in [-0.2, 0) is 9.84 Å². The molecule has 0 saturated heterocycles. The van der Waals surface area contributed by atoms with Gasteiger partial charge in [0.15, 0.2) is 0 Å². The molecule has 0 fully saturated rings. The van der Waals surface area contributed by atoms with Crippen LogP contribution in [0, 0.1) is 0 Å². The SMILES string of the molecule is O=C(O)c1c(Br)cc(S(=O)(=O)c2cc(Br)c(C(=O)O)c(Br)c2)cc1Br. The first-order chi connectivity index (χ1) is 11.5. The number of carbonyl (C=O) groups is 2. The normalized spacial score (nSPS) is 11.4. The van der Waals surface area contributed by atoms with Gasteiger partial charge in [0.25, 0.3) is 0 Å². The van der Waals surface area contributed by atoms with Crippen molar-refractivity contribution in [2.45, 2.75) is 9.79 Å². The maximum atomic E-state index is 12.8. The Balaban J connectivity index is 2.68. The molecule has 2 aromatic rings. The molecule has 0 aliphatic carbocycles. The lowest BCUT2D eigenvalue weighted by Crippen LogP contribution is -2.07. The molecule has 6 nitrogen and oxygen atoms in total. The molecule has 0 aliphatic rings. The first-order valence-corrected chi connectivity index (χ1v) is 10.8. The van der Waals surface area contributed by atoms with Gasteiger partial charge in [-0.1, -0.05) is 0 Å². The fourth-order valence-electron chi connectivity index (χ4n) is 1.95. The number of hydrogen-bond donors (Lipinski definition) is 2. The molecular formula is C14H6Br4O6S. The number of rotatable bonds is 4. The number of carboxylic acid groups (broad SMARTS) is 2. The van der Waals surface area contributed by atoms with Crippen molar-refractivity contribution in [3.8, 4) is 0 Å². The van der Waals surface area contributed by atoms with E-state index in [2.05, 4.69) is 63.7 Å². The van der Waals surface area contributed by atoms with Gasteiger partial charge in [0.1, 0.15) is 0 Å². The average Bonchev–Trinajstić information content (AvgIpc) is 2.44. The van der Waals surface area contributed by atoms with Crippen LogP contribution in [0.1, 0.15) is 20.7 Å². The Hall–Kier alpha value is -0.750. The summed E-state index contributed by atoms with van der Waals surface area (Å²) in [5, 5.41) is 18.3. The third kappa shape index (κ3) is 4.00. The molecule has 0 bridgehead atoms. The fourth-order valence-corrected chi connectivity index (χ4v) is 6.98. The van der Waals surface area contributed by atoms with Gasteiger partial charge in [-0.3, -0.25) is 0 Å². The predicted molar refractivity (Wildman–Crippen MR) is 103 cm³/mol. The standard InChI is InChI=1S/C14H6Br4O6S/c15-7-1-5(2-8(16)11(7)13(19)20)25(23,24)6-3-9(17)12(14(21)22)10(18)4-6/h1-4H,(H,19,20)(H,21,22). The highest BCUT2D eigenvalue weighted by atomic mass is 79.9. The van der Waals surface area contributed by atoms with E-state index in [1.807, 2.05) is 0 Å². The summed E-state index contributed by atoms with van der Waals surface area (Å²) in [4.78, 5) is 22.1. The lowest BCUT2D eigenvalue weighted by Gasteiger charge is -2.11.